The monoisotopic (exact) mass is 586 g/mol. The van der Waals surface area contributed by atoms with E-state index in [0.717, 1.165) is 0 Å². The van der Waals surface area contributed by atoms with Crippen LogP contribution in [0.2, 0.25) is 15.1 Å². The molecule has 0 spiro atoms. The summed E-state index contributed by atoms with van der Waals surface area (Å²) in [5.74, 6) is 0. The normalized spacial score (nSPS) is 10.3. The van der Waals surface area contributed by atoms with Crippen LogP contribution in [0.3, 0.4) is 0 Å². The number of aliphatic hydroxyl groups excluding tert-OH is 1. The first-order valence-electron chi connectivity index (χ1n) is 5.08. The van der Waals surface area contributed by atoms with E-state index in [1.807, 2.05) is 0 Å². The molecule has 0 heterocycles. The number of hydrogen-bond acceptors (Lipinski definition) is 11. The van der Waals surface area contributed by atoms with Gasteiger partial charge < -0.3 is 24.7 Å². The van der Waals surface area contributed by atoms with Crippen LogP contribution in [0.25, 0.3) is 0 Å². The molecule has 29 heavy (non-hydrogen) atoms. The summed E-state index contributed by atoms with van der Waals surface area (Å²) in [6.07, 6.45) is 0. The molecule has 0 fully saturated rings. The standard InChI is InChI=1S/C7H5Cl3O.4Na.2O5P2/c8-5-2-7(10)6(9)1-4(5)3-11;;;;;2*1-6(2)5-7(3)4/h1-2,11H,3H2;;;;;;/q;4*+1;;. The number of rotatable bonds is 5. The molecule has 0 bridgehead atoms. The van der Waals surface area contributed by atoms with Gasteiger partial charge in [0.05, 0.1) is 16.7 Å². The maximum Gasteiger partial charge on any atom is 1.00 e. The van der Waals surface area contributed by atoms with E-state index in [4.69, 9.17) is 39.9 Å². The molecule has 4 unspecified atom stereocenters. The molecule has 11 nitrogen and oxygen atoms in total. The zero-order valence-electron chi connectivity index (χ0n) is 15.3. The summed E-state index contributed by atoms with van der Waals surface area (Å²) < 4.78 is 43.3. The maximum absolute atomic E-state index is 9.24. The van der Waals surface area contributed by atoms with Crippen molar-refractivity contribution in [1.29, 1.82) is 0 Å². The average molecular weight is 587 g/mol. The van der Waals surface area contributed by atoms with Crippen LogP contribution < -0.4 is 138 Å². The van der Waals surface area contributed by atoms with Crippen LogP contribution in [-0.2, 0) is 33.5 Å². The predicted octanol–water partition coefficient (Wildman–Crippen LogP) is -10.8. The molecule has 0 aromatic heterocycles. The minimum atomic E-state index is -3.24. The predicted molar refractivity (Wildman–Crippen MR) is 80.0 cm³/mol. The van der Waals surface area contributed by atoms with Crippen LogP contribution >= 0.6 is 67.8 Å². The fourth-order valence-corrected chi connectivity index (χ4v) is 2.29. The number of hydrogen-bond donors (Lipinski definition) is 1. The van der Waals surface area contributed by atoms with Crippen LogP contribution in [0.4, 0.5) is 0 Å². The first-order valence-corrected chi connectivity index (χ1v) is 10.6. The molecule has 0 aliphatic carbocycles. The van der Waals surface area contributed by atoms with Crippen LogP contribution in [0.15, 0.2) is 12.1 Å². The Morgan fingerprint density at radius 1 is 0.690 bits per heavy atom. The SMILES string of the molecule is O=[P+]([O-])O[P+](=O)[O-].O=[P+]([O-])O[P+](=O)[O-].OCc1cc(Cl)c(Cl)cc1Cl.[Na+].[Na+].[Na+].[Na+]. The summed E-state index contributed by atoms with van der Waals surface area (Å²) in [5.41, 5.74) is 0.584. The molecule has 0 radical (unpaired) electrons. The summed E-state index contributed by atoms with van der Waals surface area (Å²) in [4.78, 5) is 37.0. The molecular weight excluding hydrogens is 582 g/mol. The zero-order valence-corrected chi connectivity index (χ0v) is 29.2. The van der Waals surface area contributed by atoms with Gasteiger partial charge in [0.1, 0.15) is 8.62 Å². The molecule has 140 valence electrons. The van der Waals surface area contributed by atoms with Crippen molar-refractivity contribution in [2.45, 2.75) is 6.61 Å². The van der Waals surface area contributed by atoms with Gasteiger partial charge in [0.2, 0.25) is 0 Å². The van der Waals surface area contributed by atoms with Gasteiger partial charge in [0.25, 0.3) is 0 Å². The second kappa shape index (κ2) is 28.4. The first kappa shape index (κ1) is 46.5. The van der Waals surface area contributed by atoms with Crippen molar-refractivity contribution in [3.05, 3.63) is 32.8 Å². The molecule has 1 aromatic rings. The largest absolute Gasteiger partial charge is 1.00 e. The fraction of sp³-hybridized carbons (Fsp3) is 0.143. The topological polar surface area (TPSA) is 199 Å². The van der Waals surface area contributed by atoms with Gasteiger partial charge in [-0.05, 0) is 36.0 Å². The Hall–Kier alpha value is 4.21. The van der Waals surface area contributed by atoms with Crippen molar-refractivity contribution in [2.24, 2.45) is 0 Å². The molecule has 1 aromatic carbocycles. The van der Waals surface area contributed by atoms with E-state index < -0.39 is 33.0 Å². The minimum absolute atomic E-state index is 0. The molecule has 1 rings (SSSR count). The van der Waals surface area contributed by atoms with E-state index in [-0.39, 0.29) is 125 Å². The average Bonchev–Trinajstić information content (AvgIpc) is 2.41. The smallest absolute Gasteiger partial charge is 0.563 e. The van der Waals surface area contributed by atoms with Gasteiger partial charge >= 0.3 is 151 Å². The Labute approximate surface area is 272 Å². The summed E-state index contributed by atoms with van der Waals surface area (Å²) in [7, 11) is -12.9. The van der Waals surface area contributed by atoms with E-state index in [1.54, 1.807) is 6.07 Å². The molecule has 4 atom stereocenters. The van der Waals surface area contributed by atoms with Crippen molar-refractivity contribution < 1.29 is 170 Å². The van der Waals surface area contributed by atoms with Crippen molar-refractivity contribution in [1.82, 2.24) is 0 Å². The molecule has 1 N–H and O–H groups in total. The van der Waals surface area contributed by atoms with Gasteiger partial charge in [0.15, 0.2) is 0 Å². The third-order valence-corrected chi connectivity index (χ3v) is 4.73. The third kappa shape index (κ3) is 32.2. The van der Waals surface area contributed by atoms with Crippen LogP contribution in [0.5, 0.6) is 0 Å². The van der Waals surface area contributed by atoms with Gasteiger partial charge in [-0.3, -0.25) is 0 Å². The summed E-state index contributed by atoms with van der Waals surface area (Å²) >= 11 is 17.0. The maximum atomic E-state index is 9.24. The molecule has 0 aliphatic heterocycles. The third-order valence-electron chi connectivity index (χ3n) is 1.53. The summed E-state index contributed by atoms with van der Waals surface area (Å²) in [5, 5.41) is 9.98. The molecule has 0 aliphatic rings. The van der Waals surface area contributed by atoms with Gasteiger partial charge in [-0.15, -0.1) is 0 Å². The molecule has 0 saturated heterocycles. The Balaban J connectivity index is -0.0000000665. The summed E-state index contributed by atoms with van der Waals surface area (Å²) in [6, 6.07) is 3.06. The van der Waals surface area contributed by atoms with Crippen molar-refractivity contribution in [2.75, 3.05) is 0 Å². The van der Waals surface area contributed by atoms with Crippen LogP contribution in [-0.4, -0.2) is 5.11 Å². The van der Waals surface area contributed by atoms with E-state index in [1.165, 1.54) is 6.07 Å². The van der Waals surface area contributed by atoms with E-state index in [0.29, 0.717) is 20.6 Å². The van der Waals surface area contributed by atoms with Crippen molar-refractivity contribution in [3.63, 3.8) is 0 Å². The number of halogens is 3. The quantitative estimate of drug-likeness (QED) is 0.195. The van der Waals surface area contributed by atoms with E-state index in [9.17, 15) is 37.8 Å². The second-order valence-corrected chi connectivity index (χ2v) is 7.39. The van der Waals surface area contributed by atoms with Crippen molar-refractivity contribution >= 4 is 67.8 Å². The fourth-order valence-electron chi connectivity index (χ4n) is 0.794. The van der Waals surface area contributed by atoms with Gasteiger partial charge in [-0.2, -0.15) is 0 Å². The van der Waals surface area contributed by atoms with Crippen molar-refractivity contribution in [3.8, 4) is 0 Å². The number of benzene rings is 1. The van der Waals surface area contributed by atoms with Crippen LogP contribution in [0.1, 0.15) is 5.56 Å². The van der Waals surface area contributed by atoms with Gasteiger partial charge in [0, 0.05) is 5.02 Å². The summed E-state index contributed by atoms with van der Waals surface area (Å²) in [6.45, 7) is -0.129. The Bertz CT molecular complexity index is 609. The van der Waals surface area contributed by atoms with Gasteiger partial charge in [-0.1, -0.05) is 34.8 Å². The van der Waals surface area contributed by atoms with Crippen LogP contribution in [0, 0.1) is 0 Å². The molecule has 0 amide bonds. The Kier molecular flexibility index (Phi) is 45.6. The van der Waals surface area contributed by atoms with E-state index in [2.05, 4.69) is 8.62 Å². The molecule has 0 saturated carbocycles. The Morgan fingerprint density at radius 3 is 1.17 bits per heavy atom. The molecular formula is C7H5Cl3Na4O11P4+4. The Morgan fingerprint density at radius 2 is 0.966 bits per heavy atom. The first-order chi connectivity index (χ1) is 11.4. The number of aliphatic hydroxyl groups is 1. The molecule has 22 heteroatoms. The van der Waals surface area contributed by atoms with E-state index >= 15 is 0 Å². The second-order valence-electron chi connectivity index (χ2n) is 3.07. The minimum Gasteiger partial charge on any atom is -0.563 e. The van der Waals surface area contributed by atoms with Gasteiger partial charge in [-0.25, -0.2) is 0 Å². The zero-order chi connectivity index (χ0) is 20.2.